The van der Waals surface area contributed by atoms with Crippen LogP contribution in [0.2, 0.25) is 0 Å². The van der Waals surface area contributed by atoms with Gasteiger partial charge in [0, 0.05) is 26.4 Å². The lowest BCUT2D eigenvalue weighted by atomic mass is 10.2. The Morgan fingerprint density at radius 1 is 1.44 bits per heavy atom. The zero-order valence-electron chi connectivity index (χ0n) is 10.2. The van der Waals surface area contributed by atoms with Crippen LogP contribution in [0.3, 0.4) is 0 Å². The lowest BCUT2D eigenvalue weighted by Gasteiger charge is -2.12. The van der Waals surface area contributed by atoms with Crippen molar-refractivity contribution in [3.8, 4) is 0 Å². The second kappa shape index (κ2) is 7.00. The first-order chi connectivity index (χ1) is 7.76. The van der Waals surface area contributed by atoms with Gasteiger partial charge in [-0.25, -0.2) is 4.98 Å². The summed E-state index contributed by atoms with van der Waals surface area (Å²) in [5.41, 5.74) is 0. The van der Waals surface area contributed by atoms with Crippen molar-refractivity contribution in [2.45, 2.75) is 13.8 Å². The van der Waals surface area contributed by atoms with E-state index in [0.29, 0.717) is 11.9 Å². The second-order valence-corrected chi connectivity index (χ2v) is 3.74. The van der Waals surface area contributed by atoms with Crippen molar-refractivity contribution in [1.29, 1.82) is 0 Å². The van der Waals surface area contributed by atoms with Gasteiger partial charge in [0.2, 0.25) is 5.95 Å². The lowest BCUT2D eigenvalue weighted by molar-refractivity contribution is 0.164. The van der Waals surface area contributed by atoms with Crippen molar-refractivity contribution in [3.05, 3.63) is 12.3 Å². The normalized spacial score (nSPS) is 12.2. The molecule has 90 valence electrons. The molecule has 0 aliphatic heterocycles. The van der Waals surface area contributed by atoms with Crippen LogP contribution in [0, 0.1) is 5.92 Å². The zero-order valence-corrected chi connectivity index (χ0v) is 10.2. The Morgan fingerprint density at radius 3 is 2.94 bits per heavy atom. The fourth-order valence-corrected chi connectivity index (χ4v) is 1.32. The molecule has 0 saturated carbocycles. The minimum absolute atomic E-state index is 0.461. The highest BCUT2D eigenvalue weighted by molar-refractivity contribution is 5.39. The van der Waals surface area contributed by atoms with E-state index in [9.17, 15) is 0 Å². The minimum atomic E-state index is 0.461. The third kappa shape index (κ3) is 4.44. The van der Waals surface area contributed by atoms with E-state index in [1.54, 1.807) is 13.3 Å². The number of rotatable bonds is 7. The van der Waals surface area contributed by atoms with Crippen molar-refractivity contribution in [3.63, 3.8) is 0 Å². The van der Waals surface area contributed by atoms with E-state index < -0.39 is 0 Å². The maximum atomic E-state index is 5.07. The van der Waals surface area contributed by atoms with Crippen molar-refractivity contribution in [1.82, 2.24) is 9.97 Å². The SMILES string of the molecule is CCNc1nccc(NCC(C)COC)n1. The van der Waals surface area contributed by atoms with Gasteiger partial charge in [0.15, 0.2) is 0 Å². The quantitative estimate of drug-likeness (QED) is 0.736. The van der Waals surface area contributed by atoms with Crippen LogP contribution >= 0.6 is 0 Å². The first kappa shape index (κ1) is 12.7. The van der Waals surface area contributed by atoms with Gasteiger partial charge < -0.3 is 15.4 Å². The van der Waals surface area contributed by atoms with E-state index >= 15 is 0 Å². The molecule has 0 amide bonds. The number of ether oxygens (including phenoxy) is 1. The number of hydrogen-bond acceptors (Lipinski definition) is 5. The summed E-state index contributed by atoms with van der Waals surface area (Å²) >= 11 is 0. The molecule has 1 aromatic rings. The highest BCUT2D eigenvalue weighted by Crippen LogP contribution is 2.06. The van der Waals surface area contributed by atoms with Crippen molar-refractivity contribution in [2.75, 3.05) is 37.4 Å². The van der Waals surface area contributed by atoms with Crippen LogP contribution in [-0.4, -0.2) is 36.8 Å². The van der Waals surface area contributed by atoms with Crippen LogP contribution in [0.4, 0.5) is 11.8 Å². The number of anilines is 2. The summed E-state index contributed by atoms with van der Waals surface area (Å²) in [6, 6.07) is 1.86. The van der Waals surface area contributed by atoms with Gasteiger partial charge in [0.1, 0.15) is 5.82 Å². The van der Waals surface area contributed by atoms with Crippen LogP contribution in [0.15, 0.2) is 12.3 Å². The molecule has 16 heavy (non-hydrogen) atoms. The Labute approximate surface area is 96.6 Å². The third-order valence-electron chi connectivity index (χ3n) is 2.07. The zero-order chi connectivity index (χ0) is 11.8. The Hall–Kier alpha value is -1.36. The van der Waals surface area contributed by atoms with Crippen LogP contribution in [0.25, 0.3) is 0 Å². The Balaban J connectivity index is 2.44. The molecule has 5 nitrogen and oxygen atoms in total. The largest absolute Gasteiger partial charge is 0.384 e. The molecule has 1 heterocycles. The predicted molar refractivity (Wildman–Crippen MR) is 65.7 cm³/mol. The van der Waals surface area contributed by atoms with E-state index in [2.05, 4.69) is 27.5 Å². The smallest absolute Gasteiger partial charge is 0.224 e. The van der Waals surface area contributed by atoms with Gasteiger partial charge in [-0.05, 0) is 18.9 Å². The summed E-state index contributed by atoms with van der Waals surface area (Å²) in [5, 5.41) is 6.33. The minimum Gasteiger partial charge on any atom is -0.384 e. The van der Waals surface area contributed by atoms with Gasteiger partial charge >= 0.3 is 0 Å². The van der Waals surface area contributed by atoms with Gasteiger partial charge in [-0.2, -0.15) is 4.98 Å². The standard InChI is InChI=1S/C11H20N4O/c1-4-12-11-13-6-5-10(15-11)14-7-9(2)8-16-3/h5-6,9H,4,7-8H2,1-3H3,(H2,12,13,14,15). The molecule has 0 aliphatic rings. The molecule has 0 aromatic carbocycles. The predicted octanol–water partition coefficient (Wildman–Crippen LogP) is 1.60. The number of hydrogen-bond donors (Lipinski definition) is 2. The van der Waals surface area contributed by atoms with Crippen LogP contribution in [0.1, 0.15) is 13.8 Å². The van der Waals surface area contributed by atoms with Crippen LogP contribution in [-0.2, 0) is 4.74 Å². The van der Waals surface area contributed by atoms with Gasteiger partial charge in [-0.15, -0.1) is 0 Å². The molecule has 1 aromatic heterocycles. The van der Waals surface area contributed by atoms with Crippen molar-refractivity contribution >= 4 is 11.8 Å². The molecular formula is C11H20N4O. The first-order valence-corrected chi connectivity index (χ1v) is 5.56. The van der Waals surface area contributed by atoms with Crippen molar-refractivity contribution in [2.24, 2.45) is 5.92 Å². The molecule has 1 atom stereocenters. The topological polar surface area (TPSA) is 59.1 Å². The summed E-state index contributed by atoms with van der Waals surface area (Å²) in [4.78, 5) is 8.43. The highest BCUT2D eigenvalue weighted by atomic mass is 16.5. The molecule has 0 saturated heterocycles. The summed E-state index contributed by atoms with van der Waals surface area (Å²) in [6.45, 7) is 6.56. The second-order valence-electron chi connectivity index (χ2n) is 3.74. The van der Waals surface area contributed by atoms with E-state index in [1.165, 1.54) is 0 Å². The molecule has 2 N–H and O–H groups in total. The van der Waals surface area contributed by atoms with E-state index in [4.69, 9.17) is 4.74 Å². The van der Waals surface area contributed by atoms with Crippen molar-refractivity contribution < 1.29 is 4.74 Å². The first-order valence-electron chi connectivity index (χ1n) is 5.56. The number of nitrogens with zero attached hydrogens (tertiary/aromatic N) is 2. The van der Waals surface area contributed by atoms with E-state index in [-0.39, 0.29) is 0 Å². The average Bonchev–Trinajstić information content (AvgIpc) is 2.28. The summed E-state index contributed by atoms with van der Waals surface area (Å²) in [7, 11) is 1.71. The molecular weight excluding hydrogens is 204 g/mol. The maximum Gasteiger partial charge on any atom is 0.224 e. The fraction of sp³-hybridized carbons (Fsp3) is 0.636. The third-order valence-corrected chi connectivity index (χ3v) is 2.07. The Morgan fingerprint density at radius 2 is 2.25 bits per heavy atom. The van der Waals surface area contributed by atoms with Gasteiger partial charge in [0.05, 0.1) is 6.61 Å². The Bertz CT molecular complexity index is 306. The summed E-state index contributed by atoms with van der Waals surface area (Å²) in [5.74, 6) is 1.96. The maximum absolute atomic E-state index is 5.07. The lowest BCUT2D eigenvalue weighted by Crippen LogP contribution is -2.16. The summed E-state index contributed by atoms with van der Waals surface area (Å²) in [6.07, 6.45) is 1.74. The number of aromatic nitrogens is 2. The van der Waals surface area contributed by atoms with E-state index in [0.717, 1.165) is 25.5 Å². The van der Waals surface area contributed by atoms with Gasteiger partial charge in [0.25, 0.3) is 0 Å². The molecule has 0 bridgehead atoms. The Kier molecular flexibility index (Phi) is 5.56. The number of methoxy groups -OCH3 is 1. The fourth-order valence-electron chi connectivity index (χ4n) is 1.32. The molecule has 1 rings (SSSR count). The monoisotopic (exact) mass is 224 g/mol. The molecule has 5 heteroatoms. The van der Waals surface area contributed by atoms with Gasteiger partial charge in [-0.3, -0.25) is 0 Å². The molecule has 0 radical (unpaired) electrons. The molecule has 0 aliphatic carbocycles. The van der Waals surface area contributed by atoms with E-state index in [1.807, 2.05) is 13.0 Å². The van der Waals surface area contributed by atoms with Gasteiger partial charge in [-0.1, -0.05) is 6.92 Å². The molecule has 0 fully saturated rings. The number of nitrogens with one attached hydrogen (secondary N) is 2. The molecule has 0 spiro atoms. The summed E-state index contributed by atoms with van der Waals surface area (Å²) < 4.78 is 5.07. The van der Waals surface area contributed by atoms with Crippen LogP contribution < -0.4 is 10.6 Å². The van der Waals surface area contributed by atoms with Crippen LogP contribution in [0.5, 0.6) is 0 Å². The average molecular weight is 224 g/mol. The highest BCUT2D eigenvalue weighted by Gasteiger charge is 2.02. The molecule has 1 unspecified atom stereocenters.